The number of fused-ring (bicyclic) bond motifs is 3. The summed E-state index contributed by atoms with van der Waals surface area (Å²) in [6.07, 6.45) is 2.34. The maximum Gasteiger partial charge on any atom is 0.251 e. The summed E-state index contributed by atoms with van der Waals surface area (Å²) in [4.78, 5) is 17.0. The predicted molar refractivity (Wildman–Crippen MR) is 109 cm³/mol. The van der Waals surface area contributed by atoms with Crippen LogP contribution in [0.2, 0.25) is 0 Å². The summed E-state index contributed by atoms with van der Waals surface area (Å²) in [5.74, 6) is 0.580. The topological polar surface area (TPSA) is 92.5 Å². The smallest absolute Gasteiger partial charge is 0.251 e. The number of sulfonamides is 1. The lowest BCUT2D eigenvalue weighted by atomic mass is 9.84. The van der Waals surface area contributed by atoms with Crippen LogP contribution in [0.5, 0.6) is 0 Å². The average molecular weight is 418 g/mol. The summed E-state index contributed by atoms with van der Waals surface area (Å²) >= 11 is 1.50. The SMILES string of the molecule is NS(=O)(=O)c1ccc(Sc2ccc(C(=O)N[C@H]3CN4CCC3CC4)cc2)cc1. The van der Waals surface area contributed by atoms with E-state index >= 15 is 0 Å². The number of hydrogen-bond donors (Lipinski definition) is 2. The van der Waals surface area contributed by atoms with Crippen molar-refractivity contribution >= 4 is 27.7 Å². The number of nitrogens with one attached hydrogen (secondary N) is 1. The molecule has 8 heteroatoms. The molecule has 2 bridgehead atoms. The Morgan fingerprint density at radius 2 is 1.57 bits per heavy atom. The number of piperidine rings is 3. The molecule has 0 radical (unpaired) electrons. The van der Waals surface area contributed by atoms with Gasteiger partial charge < -0.3 is 10.2 Å². The van der Waals surface area contributed by atoms with Gasteiger partial charge in [-0.25, -0.2) is 13.6 Å². The molecule has 0 spiro atoms. The molecule has 3 heterocycles. The van der Waals surface area contributed by atoms with Crippen molar-refractivity contribution in [1.82, 2.24) is 10.2 Å². The first-order valence-electron chi connectivity index (χ1n) is 9.32. The van der Waals surface area contributed by atoms with E-state index in [1.165, 1.54) is 36.7 Å². The van der Waals surface area contributed by atoms with Gasteiger partial charge in [0, 0.05) is 27.9 Å². The van der Waals surface area contributed by atoms with E-state index in [1.54, 1.807) is 12.1 Å². The summed E-state index contributed by atoms with van der Waals surface area (Å²) in [6.45, 7) is 3.27. The number of nitrogens with two attached hydrogens (primary N) is 1. The van der Waals surface area contributed by atoms with Crippen LogP contribution in [-0.4, -0.2) is 44.9 Å². The number of nitrogens with zero attached hydrogens (tertiary/aromatic N) is 1. The summed E-state index contributed by atoms with van der Waals surface area (Å²) < 4.78 is 22.6. The van der Waals surface area contributed by atoms with Gasteiger partial charge in [-0.15, -0.1) is 0 Å². The first-order valence-corrected chi connectivity index (χ1v) is 11.7. The fourth-order valence-corrected chi connectivity index (χ4v) is 5.22. The van der Waals surface area contributed by atoms with Crippen LogP contribution >= 0.6 is 11.8 Å². The van der Waals surface area contributed by atoms with Crippen molar-refractivity contribution in [2.75, 3.05) is 19.6 Å². The van der Waals surface area contributed by atoms with E-state index in [-0.39, 0.29) is 16.8 Å². The number of carbonyl (C=O) groups is 1. The van der Waals surface area contributed by atoms with Gasteiger partial charge in [-0.1, -0.05) is 11.8 Å². The Balaban J connectivity index is 1.37. The van der Waals surface area contributed by atoms with E-state index < -0.39 is 10.0 Å². The molecule has 0 saturated carbocycles. The molecule has 3 aliphatic rings. The lowest BCUT2D eigenvalue weighted by Gasteiger charge is -2.44. The summed E-state index contributed by atoms with van der Waals surface area (Å²) in [5, 5.41) is 8.32. The largest absolute Gasteiger partial charge is 0.348 e. The molecule has 0 aromatic heterocycles. The van der Waals surface area contributed by atoms with Crippen LogP contribution in [0.25, 0.3) is 0 Å². The van der Waals surface area contributed by atoms with Gasteiger partial charge in [-0.3, -0.25) is 4.79 Å². The second-order valence-electron chi connectivity index (χ2n) is 7.36. The highest BCUT2D eigenvalue weighted by Crippen LogP contribution is 2.29. The second-order valence-corrected chi connectivity index (χ2v) is 10.1. The van der Waals surface area contributed by atoms with Crippen LogP contribution in [0, 0.1) is 5.92 Å². The van der Waals surface area contributed by atoms with Crippen LogP contribution in [0.4, 0.5) is 0 Å². The minimum absolute atomic E-state index is 0.0206. The third-order valence-corrected chi connectivity index (χ3v) is 7.42. The highest BCUT2D eigenvalue weighted by atomic mass is 32.2. The lowest BCUT2D eigenvalue weighted by molar-refractivity contribution is 0.0620. The van der Waals surface area contributed by atoms with Crippen LogP contribution in [0.1, 0.15) is 23.2 Å². The molecule has 3 aliphatic heterocycles. The van der Waals surface area contributed by atoms with Gasteiger partial charge in [0.05, 0.1) is 4.90 Å². The van der Waals surface area contributed by atoms with Gasteiger partial charge in [0.2, 0.25) is 10.0 Å². The third kappa shape index (κ3) is 4.41. The molecule has 148 valence electrons. The van der Waals surface area contributed by atoms with Crippen LogP contribution in [0.3, 0.4) is 0 Å². The number of carbonyl (C=O) groups excluding carboxylic acids is 1. The Bertz CT molecular complexity index is 951. The van der Waals surface area contributed by atoms with Crippen molar-refractivity contribution < 1.29 is 13.2 Å². The minimum atomic E-state index is -3.68. The quantitative estimate of drug-likeness (QED) is 0.779. The zero-order valence-corrected chi connectivity index (χ0v) is 17.0. The Morgan fingerprint density at radius 1 is 1.00 bits per heavy atom. The Morgan fingerprint density at radius 3 is 2.07 bits per heavy atom. The van der Waals surface area contributed by atoms with Crippen molar-refractivity contribution in [1.29, 1.82) is 0 Å². The number of hydrogen-bond acceptors (Lipinski definition) is 5. The van der Waals surface area contributed by atoms with Crippen molar-refractivity contribution in [2.24, 2.45) is 11.1 Å². The van der Waals surface area contributed by atoms with Crippen molar-refractivity contribution in [3.8, 4) is 0 Å². The molecule has 0 aliphatic carbocycles. The van der Waals surface area contributed by atoms with Gasteiger partial charge in [0.15, 0.2) is 0 Å². The summed E-state index contributed by atoms with van der Waals surface area (Å²) in [5.41, 5.74) is 0.658. The second kappa shape index (κ2) is 7.87. The zero-order valence-electron chi connectivity index (χ0n) is 15.4. The zero-order chi connectivity index (χ0) is 19.7. The molecule has 0 unspecified atom stereocenters. The third-order valence-electron chi connectivity index (χ3n) is 5.48. The van der Waals surface area contributed by atoms with Gasteiger partial charge in [-0.2, -0.15) is 0 Å². The Hall–Kier alpha value is -1.87. The maximum absolute atomic E-state index is 12.6. The van der Waals surface area contributed by atoms with Crippen LogP contribution < -0.4 is 10.5 Å². The molecular weight excluding hydrogens is 394 g/mol. The molecular formula is C20H23N3O3S2. The van der Waals surface area contributed by atoms with Crippen LogP contribution in [0.15, 0.2) is 63.2 Å². The number of amides is 1. The standard InChI is InChI=1S/C20H23N3O3S2/c21-28(25,26)18-7-5-17(6-8-18)27-16-3-1-15(2-4-16)20(24)22-19-13-23-11-9-14(19)10-12-23/h1-8,14,19H,9-13H2,(H,22,24)(H2,21,25,26)/t19-/m0/s1. The fourth-order valence-electron chi connectivity index (χ4n) is 3.89. The van der Waals surface area contributed by atoms with E-state index in [9.17, 15) is 13.2 Å². The molecule has 3 fully saturated rings. The fraction of sp³-hybridized carbons (Fsp3) is 0.350. The first kappa shape index (κ1) is 19.4. The predicted octanol–water partition coefficient (Wildman–Crippen LogP) is 2.31. The van der Waals surface area contributed by atoms with E-state index in [0.29, 0.717) is 11.5 Å². The normalized spacial score (nSPS) is 24.1. The van der Waals surface area contributed by atoms with Gasteiger partial charge in [0.1, 0.15) is 0 Å². The Labute approximate surface area is 169 Å². The lowest BCUT2D eigenvalue weighted by Crippen LogP contribution is -2.57. The van der Waals surface area contributed by atoms with Crippen LogP contribution in [-0.2, 0) is 10.0 Å². The van der Waals surface area contributed by atoms with Crippen molar-refractivity contribution in [3.63, 3.8) is 0 Å². The monoisotopic (exact) mass is 417 g/mol. The van der Waals surface area contributed by atoms with E-state index in [4.69, 9.17) is 5.14 Å². The molecule has 3 N–H and O–H groups in total. The highest BCUT2D eigenvalue weighted by molar-refractivity contribution is 7.99. The van der Waals surface area contributed by atoms with Gasteiger partial charge >= 0.3 is 0 Å². The molecule has 3 saturated heterocycles. The molecule has 2 aromatic carbocycles. The number of primary sulfonamides is 1. The molecule has 1 amide bonds. The summed E-state index contributed by atoms with van der Waals surface area (Å²) in [6, 6.07) is 14.2. The minimum Gasteiger partial charge on any atom is -0.348 e. The van der Waals surface area contributed by atoms with E-state index in [1.807, 2.05) is 24.3 Å². The van der Waals surface area contributed by atoms with Crippen molar-refractivity contribution in [3.05, 3.63) is 54.1 Å². The molecule has 1 atom stereocenters. The molecule has 2 aromatic rings. The van der Waals surface area contributed by atoms with E-state index in [0.717, 1.165) is 29.4 Å². The molecule has 6 nitrogen and oxygen atoms in total. The highest BCUT2D eigenvalue weighted by Gasteiger charge is 2.34. The number of benzene rings is 2. The summed E-state index contributed by atoms with van der Waals surface area (Å²) in [7, 11) is -3.68. The molecule has 28 heavy (non-hydrogen) atoms. The van der Waals surface area contributed by atoms with Gasteiger partial charge in [0.25, 0.3) is 5.91 Å². The molecule has 5 rings (SSSR count). The maximum atomic E-state index is 12.6. The Kier molecular flexibility index (Phi) is 5.46. The number of rotatable bonds is 5. The van der Waals surface area contributed by atoms with Gasteiger partial charge in [-0.05, 0) is 80.4 Å². The first-order chi connectivity index (χ1) is 13.4. The van der Waals surface area contributed by atoms with E-state index in [2.05, 4.69) is 10.2 Å². The van der Waals surface area contributed by atoms with Crippen molar-refractivity contribution in [2.45, 2.75) is 33.6 Å². The average Bonchev–Trinajstić information content (AvgIpc) is 2.69.